The topological polar surface area (TPSA) is 70.6 Å². The maximum atomic E-state index is 12.8. The first-order valence-electron chi connectivity index (χ1n) is 10.2. The summed E-state index contributed by atoms with van der Waals surface area (Å²) in [6, 6.07) is 5.11. The summed E-state index contributed by atoms with van der Waals surface area (Å²) in [4.78, 5) is 24.5. The number of benzene rings is 1. The maximum Gasteiger partial charge on any atom is 0.416 e. The van der Waals surface area contributed by atoms with Gasteiger partial charge in [0.05, 0.1) is 24.9 Å². The molecule has 10 heteroatoms. The van der Waals surface area contributed by atoms with Crippen LogP contribution >= 0.6 is 0 Å². The van der Waals surface area contributed by atoms with Crippen LogP contribution in [0.25, 0.3) is 0 Å². The largest absolute Gasteiger partial charge is 0.493 e. The zero-order chi connectivity index (χ0) is 22.2. The first-order valence-corrected chi connectivity index (χ1v) is 10.2. The molecule has 1 aliphatic heterocycles. The standard InChI is InChI=1S/C21H24F3N5O2/c1-3-29-17-10-25-20(27-19(17)28(2)11-18(29)30)26-15-7-13(8-15)12-31-16-6-4-5-14(9-16)21(22,23)24/h4-6,9-10,13,15H,3,7-8,11-12H2,1-2H3,(H,25,26,27). The molecule has 4 rings (SSSR count). The van der Waals surface area contributed by atoms with E-state index in [0.29, 0.717) is 30.6 Å². The second kappa shape index (κ2) is 8.24. The van der Waals surface area contributed by atoms with Gasteiger partial charge in [0.1, 0.15) is 11.4 Å². The lowest BCUT2D eigenvalue weighted by molar-refractivity contribution is -0.137. The molecular weight excluding hydrogens is 411 g/mol. The molecule has 7 nitrogen and oxygen atoms in total. The number of hydrogen-bond acceptors (Lipinski definition) is 6. The van der Waals surface area contributed by atoms with Gasteiger partial charge in [-0.1, -0.05) is 6.07 Å². The molecule has 2 aromatic rings. The molecule has 0 radical (unpaired) electrons. The van der Waals surface area contributed by atoms with Gasteiger partial charge < -0.3 is 19.9 Å². The summed E-state index contributed by atoms with van der Waals surface area (Å²) < 4.78 is 43.9. The molecule has 0 spiro atoms. The fraction of sp³-hybridized carbons (Fsp3) is 0.476. The number of aromatic nitrogens is 2. The van der Waals surface area contributed by atoms with Crippen molar-refractivity contribution in [2.24, 2.45) is 5.92 Å². The molecule has 166 valence electrons. The smallest absolute Gasteiger partial charge is 0.416 e. The van der Waals surface area contributed by atoms with Crippen LogP contribution in [0.2, 0.25) is 0 Å². The summed E-state index contributed by atoms with van der Waals surface area (Å²) in [5.41, 5.74) is -0.0104. The van der Waals surface area contributed by atoms with Crippen molar-refractivity contribution in [2.75, 3.05) is 41.9 Å². The Bertz CT molecular complexity index is 962. The van der Waals surface area contributed by atoms with E-state index in [4.69, 9.17) is 4.74 Å². The van der Waals surface area contributed by atoms with Crippen LogP contribution in [0.1, 0.15) is 25.3 Å². The number of alkyl halides is 3. The van der Waals surface area contributed by atoms with Crippen LogP contribution in [0.5, 0.6) is 5.75 Å². The van der Waals surface area contributed by atoms with Gasteiger partial charge in [0.25, 0.3) is 0 Å². The zero-order valence-electron chi connectivity index (χ0n) is 17.3. The van der Waals surface area contributed by atoms with Crippen molar-refractivity contribution in [2.45, 2.75) is 32.0 Å². The van der Waals surface area contributed by atoms with Gasteiger partial charge in [0.2, 0.25) is 11.9 Å². The molecule has 1 N–H and O–H groups in total. The van der Waals surface area contributed by atoms with E-state index in [0.717, 1.165) is 25.0 Å². The number of nitrogens with one attached hydrogen (secondary N) is 1. The predicted molar refractivity (Wildman–Crippen MR) is 110 cm³/mol. The van der Waals surface area contributed by atoms with E-state index < -0.39 is 11.7 Å². The minimum absolute atomic E-state index is 0.0180. The maximum absolute atomic E-state index is 12.8. The third kappa shape index (κ3) is 4.52. The summed E-state index contributed by atoms with van der Waals surface area (Å²) >= 11 is 0. The molecule has 2 heterocycles. The highest BCUT2D eigenvalue weighted by molar-refractivity contribution is 6.02. The molecule has 1 saturated carbocycles. The van der Waals surface area contributed by atoms with Gasteiger partial charge in [0.15, 0.2) is 5.82 Å². The predicted octanol–water partition coefficient (Wildman–Crippen LogP) is 3.57. The SMILES string of the molecule is CCN1C(=O)CN(C)c2nc(NC3CC(COc4cccc(C(F)(F)F)c4)C3)ncc21. The number of likely N-dealkylation sites (N-methyl/N-ethyl adjacent to an activating group) is 2. The third-order valence-corrected chi connectivity index (χ3v) is 5.61. The lowest BCUT2D eigenvalue weighted by atomic mass is 9.81. The summed E-state index contributed by atoms with van der Waals surface area (Å²) in [7, 11) is 1.82. The first kappa shape index (κ1) is 21.2. The van der Waals surface area contributed by atoms with Crippen LogP contribution in [0.15, 0.2) is 30.5 Å². The van der Waals surface area contributed by atoms with Crippen LogP contribution in [-0.2, 0) is 11.0 Å². The summed E-state index contributed by atoms with van der Waals surface area (Å²) in [5, 5.41) is 3.29. The van der Waals surface area contributed by atoms with Crippen LogP contribution < -0.4 is 19.9 Å². The highest BCUT2D eigenvalue weighted by Gasteiger charge is 2.33. The van der Waals surface area contributed by atoms with Crippen LogP contribution in [0.4, 0.5) is 30.6 Å². The van der Waals surface area contributed by atoms with Gasteiger partial charge in [0, 0.05) is 19.6 Å². The Balaban J connectivity index is 1.30. The molecule has 0 bridgehead atoms. The second-order valence-electron chi connectivity index (χ2n) is 7.91. The third-order valence-electron chi connectivity index (χ3n) is 5.61. The molecule has 0 unspecified atom stereocenters. The molecular formula is C21H24F3N5O2. The summed E-state index contributed by atoms with van der Waals surface area (Å²) in [6.07, 6.45) is -1.09. The number of halogens is 3. The Hall–Kier alpha value is -3.04. The van der Waals surface area contributed by atoms with Crippen molar-refractivity contribution in [3.63, 3.8) is 0 Å². The Morgan fingerprint density at radius 2 is 2.06 bits per heavy atom. The number of carbonyl (C=O) groups is 1. The average molecular weight is 435 g/mol. The van der Waals surface area contributed by atoms with E-state index in [1.54, 1.807) is 11.1 Å². The van der Waals surface area contributed by atoms with E-state index in [1.165, 1.54) is 12.1 Å². The van der Waals surface area contributed by atoms with E-state index in [-0.39, 0.29) is 30.2 Å². The molecule has 0 atom stereocenters. The minimum Gasteiger partial charge on any atom is -0.493 e. The number of carbonyl (C=O) groups excluding carboxylic acids is 1. The lowest BCUT2D eigenvalue weighted by Gasteiger charge is -2.36. The monoisotopic (exact) mass is 435 g/mol. The van der Waals surface area contributed by atoms with E-state index >= 15 is 0 Å². The normalized spacial score (nSPS) is 20.9. The molecule has 2 aliphatic rings. The van der Waals surface area contributed by atoms with Crippen LogP contribution in [0, 0.1) is 5.92 Å². The Morgan fingerprint density at radius 3 is 2.77 bits per heavy atom. The highest BCUT2D eigenvalue weighted by Crippen LogP contribution is 2.35. The first-order chi connectivity index (χ1) is 14.7. The highest BCUT2D eigenvalue weighted by atomic mass is 19.4. The van der Waals surface area contributed by atoms with Gasteiger partial charge >= 0.3 is 6.18 Å². The van der Waals surface area contributed by atoms with Crippen molar-refractivity contribution in [1.29, 1.82) is 0 Å². The number of fused-ring (bicyclic) bond motifs is 1. The number of rotatable bonds is 6. The number of amides is 1. The fourth-order valence-electron chi connectivity index (χ4n) is 3.90. The van der Waals surface area contributed by atoms with Crippen molar-refractivity contribution < 1.29 is 22.7 Å². The van der Waals surface area contributed by atoms with E-state index in [1.807, 2.05) is 18.9 Å². The van der Waals surface area contributed by atoms with Gasteiger partial charge in [-0.3, -0.25) is 4.79 Å². The van der Waals surface area contributed by atoms with Gasteiger partial charge in [-0.2, -0.15) is 18.2 Å². The molecule has 1 fully saturated rings. The fourth-order valence-corrected chi connectivity index (χ4v) is 3.90. The lowest BCUT2D eigenvalue weighted by Crippen LogP contribution is -2.45. The average Bonchev–Trinajstić information content (AvgIpc) is 2.69. The van der Waals surface area contributed by atoms with E-state index in [2.05, 4.69) is 15.3 Å². The van der Waals surface area contributed by atoms with Crippen LogP contribution in [0.3, 0.4) is 0 Å². The van der Waals surface area contributed by atoms with Gasteiger partial charge in [-0.25, -0.2) is 4.98 Å². The number of hydrogen-bond donors (Lipinski definition) is 1. The Morgan fingerprint density at radius 1 is 1.29 bits per heavy atom. The summed E-state index contributed by atoms with van der Waals surface area (Å²) in [5.74, 6) is 1.70. The number of ether oxygens (including phenoxy) is 1. The van der Waals surface area contributed by atoms with Crippen molar-refractivity contribution in [3.05, 3.63) is 36.0 Å². The second-order valence-corrected chi connectivity index (χ2v) is 7.91. The zero-order valence-corrected chi connectivity index (χ0v) is 17.3. The number of nitrogens with zero attached hydrogens (tertiary/aromatic N) is 4. The Labute approximate surface area is 178 Å². The molecule has 1 aliphatic carbocycles. The van der Waals surface area contributed by atoms with Crippen molar-refractivity contribution in [3.8, 4) is 5.75 Å². The molecule has 1 amide bonds. The van der Waals surface area contributed by atoms with Crippen molar-refractivity contribution in [1.82, 2.24) is 9.97 Å². The van der Waals surface area contributed by atoms with Gasteiger partial charge in [-0.05, 0) is 43.9 Å². The molecule has 31 heavy (non-hydrogen) atoms. The molecule has 0 saturated heterocycles. The molecule has 1 aromatic heterocycles. The van der Waals surface area contributed by atoms with Gasteiger partial charge in [-0.15, -0.1) is 0 Å². The van der Waals surface area contributed by atoms with Crippen LogP contribution in [-0.4, -0.2) is 48.7 Å². The molecule has 1 aromatic carbocycles. The minimum atomic E-state index is -4.38. The quantitative estimate of drug-likeness (QED) is 0.748. The van der Waals surface area contributed by atoms with Crippen molar-refractivity contribution >= 4 is 23.4 Å². The number of anilines is 3. The summed E-state index contributed by atoms with van der Waals surface area (Å²) in [6.45, 7) is 3.11. The Kier molecular flexibility index (Phi) is 5.63. The van der Waals surface area contributed by atoms with E-state index in [9.17, 15) is 18.0 Å².